The van der Waals surface area contributed by atoms with Crippen molar-refractivity contribution in [2.24, 2.45) is 5.92 Å². The minimum atomic E-state index is -0.921. The molecule has 0 radical (unpaired) electrons. The molecule has 7 nitrogen and oxygen atoms in total. The SMILES string of the molecule is CCCOc1ccc([C@H]2[C@H]3C(=O)N(c4ccc(C)cc4)C(=O)[C@@H]3ON2c2ccccc2)cc1OCC. The van der Waals surface area contributed by atoms with Crippen molar-refractivity contribution in [3.05, 3.63) is 83.9 Å². The predicted octanol–water partition coefficient (Wildman–Crippen LogP) is 5.23. The molecule has 3 atom stereocenters. The van der Waals surface area contributed by atoms with Crippen LogP contribution in [0.1, 0.15) is 37.4 Å². The van der Waals surface area contributed by atoms with Crippen LogP contribution in [0.3, 0.4) is 0 Å². The Morgan fingerprint density at radius 3 is 2.28 bits per heavy atom. The number of nitrogens with zero attached hydrogens (tertiary/aromatic N) is 2. The number of imide groups is 1. The lowest BCUT2D eigenvalue weighted by atomic mass is 9.90. The summed E-state index contributed by atoms with van der Waals surface area (Å²) in [7, 11) is 0. The summed E-state index contributed by atoms with van der Waals surface area (Å²) in [5.41, 5.74) is 3.18. The van der Waals surface area contributed by atoms with E-state index in [0.717, 1.165) is 23.2 Å². The molecule has 2 aliphatic heterocycles. The standard InChI is InChI=1S/C29H30N2O5/c1-4-17-35-23-16-13-20(18-24(23)34-5-2)26-25-27(36-31(26)22-9-7-6-8-10-22)29(33)30(28(25)32)21-14-11-19(3)12-15-21/h6-16,18,25-27H,4-5,17H2,1-3H3/t25-,26+,27-/m1/s1. The molecular weight excluding hydrogens is 456 g/mol. The Bertz CT molecular complexity index is 1240. The first-order valence-electron chi connectivity index (χ1n) is 12.4. The van der Waals surface area contributed by atoms with Gasteiger partial charge in [-0.1, -0.05) is 48.9 Å². The van der Waals surface area contributed by atoms with E-state index in [1.807, 2.05) is 81.4 Å². The molecule has 3 aromatic carbocycles. The normalized spacial score (nSPS) is 21.1. The summed E-state index contributed by atoms with van der Waals surface area (Å²) >= 11 is 0. The molecule has 0 bridgehead atoms. The number of hydrogen-bond acceptors (Lipinski definition) is 6. The molecule has 7 heteroatoms. The lowest BCUT2D eigenvalue weighted by Gasteiger charge is -2.29. The van der Waals surface area contributed by atoms with Crippen molar-refractivity contribution in [3.63, 3.8) is 0 Å². The van der Waals surface area contributed by atoms with E-state index in [2.05, 4.69) is 0 Å². The molecule has 0 spiro atoms. The third-order valence-electron chi connectivity index (χ3n) is 6.49. The minimum Gasteiger partial charge on any atom is -0.490 e. The van der Waals surface area contributed by atoms with Crippen molar-refractivity contribution in [1.29, 1.82) is 0 Å². The molecule has 0 aromatic heterocycles. The summed E-state index contributed by atoms with van der Waals surface area (Å²) in [6.07, 6.45) is -0.0450. The van der Waals surface area contributed by atoms with Crippen molar-refractivity contribution < 1.29 is 23.9 Å². The fraction of sp³-hybridized carbons (Fsp3) is 0.310. The first kappa shape index (κ1) is 23.9. The van der Waals surface area contributed by atoms with Crippen LogP contribution < -0.4 is 19.4 Å². The number of hydroxylamine groups is 1. The summed E-state index contributed by atoms with van der Waals surface area (Å²) in [6, 6.07) is 22.1. The number of carbonyl (C=O) groups excluding carboxylic acids is 2. The number of carbonyl (C=O) groups is 2. The molecular formula is C29H30N2O5. The van der Waals surface area contributed by atoms with E-state index in [1.165, 1.54) is 4.90 Å². The monoisotopic (exact) mass is 486 g/mol. The van der Waals surface area contributed by atoms with E-state index >= 15 is 0 Å². The van der Waals surface area contributed by atoms with Crippen molar-refractivity contribution in [1.82, 2.24) is 0 Å². The van der Waals surface area contributed by atoms with Crippen molar-refractivity contribution >= 4 is 23.2 Å². The average Bonchev–Trinajstić information content (AvgIpc) is 3.40. The Morgan fingerprint density at radius 1 is 0.833 bits per heavy atom. The summed E-state index contributed by atoms with van der Waals surface area (Å²) in [5, 5.41) is 1.69. The zero-order chi connectivity index (χ0) is 25.2. The number of ether oxygens (including phenoxy) is 2. The van der Waals surface area contributed by atoms with Gasteiger partial charge in [0.15, 0.2) is 17.6 Å². The lowest BCUT2D eigenvalue weighted by molar-refractivity contribution is -0.126. The van der Waals surface area contributed by atoms with Gasteiger partial charge < -0.3 is 9.47 Å². The van der Waals surface area contributed by atoms with Crippen LogP contribution in [0.2, 0.25) is 0 Å². The second kappa shape index (κ2) is 10.0. The lowest BCUT2D eigenvalue weighted by Crippen LogP contribution is -2.37. The first-order valence-corrected chi connectivity index (χ1v) is 12.4. The van der Waals surface area contributed by atoms with Gasteiger partial charge in [-0.2, -0.15) is 0 Å². The van der Waals surface area contributed by atoms with Gasteiger partial charge in [-0.05, 0) is 62.2 Å². The van der Waals surface area contributed by atoms with Crippen molar-refractivity contribution in [3.8, 4) is 11.5 Å². The molecule has 2 amide bonds. The molecule has 2 heterocycles. The third kappa shape index (κ3) is 4.20. The Morgan fingerprint density at radius 2 is 1.58 bits per heavy atom. The third-order valence-corrected chi connectivity index (χ3v) is 6.49. The Balaban J connectivity index is 1.57. The van der Waals surface area contributed by atoms with Gasteiger partial charge in [-0.3, -0.25) is 14.4 Å². The molecule has 3 aromatic rings. The zero-order valence-corrected chi connectivity index (χ0v) is 20.7. The molecule has 5 rings (SSSR count). The van der Waals surface area contributed by atoms with Gasteiger partial charge >= 0.3 is 0 Å². The van der Waals surface area contributed by atoms with Crippen molar-refractivity contribution in [2.45, 2.75) is 39.3 Å². The van der Waals surface area contributed by atoms with E-state index in [1.54, 1.807) is 17.2 Å². The smallest absolute Gasteiger partial charge is 0.266 e. The number of benzene rings is 3. The summed E-state index contributed by atoms with van der Waals surface area (Å²) < 4.78 is 11.8. The highest BCUT2D eigenvalue weighted by atomic mass is 16.7. The number of hydrogen-bond donors (Lipinski definition) is 0. The zero-order valence-electron chi connectivity index (χ0n) is 20.7. The maximum absolute atomic E-state index is 13.8. The average molecular weight is 487 g/mol. The number of amides is 2. The van der Waals surface area contributed by atoms with Crippen molar-refractivity contribution in [2.75, 3.05) is 23.2 Å². The Kier molecular flexibility index (Phi) is 6.65. The topological polar surface area (TPSA) is 68.3 Å². The van der Waals surface area contributed by atoms with Crippen LogP contribution in [0.4, 0.5) is 11.4 Å². The molecule has 2 aliphatic rings. The molecule has 0 saturated carbocycles. The molecule has 2 fully saturated rings. The maximum Gasteiger partial charge on any atom is 0.266 e. The highest BCUT2D eigenvalue weighted by molar-refractivity contribution is 6.23. The van der Waals surface area contributed by atoms with Gasteiger partial charge in [-0.25, -0.2) is 9.96 Å². The Hall–Kier alpha value is -3.84. The van der Waals surface area contributed by atoms with E-state index in [-0.39, 0.29) is 11.8 Å². The number of anilines is 2. The highest BCUT2D eigenvalue weighted by Gasteiger charge is 2.60. The van der Waals surface area contributed by atoms with Crippen LogP contribution in [0.5, 0.6) is 11.5 Å². The largest absolute Gasteiger partial charge is 0.490 e. The summed E-state index contributed by atoms with van der Waals surface area (Å²) in [4.78, 5) is 34.8. The number of para-hydroxylation sites is 1. The molecule has 0 aliphatic carbocycles. The van der Waals surface area contributed by atoms with Crippen LogP contribution >= 0.6 is 0 Å². The fourth-order valence-electron chi connectivity index (χ4n) is 4.81. The molecule has 36 heavy (non-hydrogen) atoms. The quantitative estimate of drug-likeness (QED) is 0.406. The predicted molar refractivity (Wildman–Crippen MR) is 137 cm³/mol. The van der Waals surface area contributed by atoms with E-state index in [9.17, 15) is 9.59 Å². The minimum absolute atomic E-state index is 0.276. The second-order valence-corrected chi connectivity index (χ2v) is 8.99. The van der Waals surface area contributed by atoms with Crippen LogP contribution in [0, 0.1) is 12.8 Å². The van der Waals surface area contributed by atoms with Gasteiger partial charge in [0.25, 0.3) is 5.91 Å². The van der Waals surface area contributed by atoms with Gasteiger partial charge in [0.2, 0.25) is 5.91 Å². The first-order chi connectivity index (χ1) is 17.5. The van der Waals surface area contributed by atoms with Gasteiger partial charge in [0, 0.05) is 0 Å². The molecule has 2 saturated heterocycles. The highest BCUT2D eigenvalue weighted by Crippen LogP contribution is 2.48. The van der Waals surface area contributed by atoms with Gasteiger partial charge in [0.05, 0.1) is 30.6 Å². The second-order valence-electron chi connectivity index (χ2n) is 8.99. The summed E-state index contributed by atoms with van der Waals surface area (Å²) in [6.45, 7) is 6.98. The van der Waals surface area contributed by atoms with Crippen LogP contribution in [-0.4, -0.2) is 31.1 Å². The van der Waals surface area contributed by atoms with Crippen LogP contribution in [0.25, 0.3) is 0 Å². The Labute approximate surface area is 211 Å². The van der Waals surface area contributed by atoms with Gasteiger partial charge in [-0.15, -0.1) is 0 Å². The molecule has 186 valence electrons. The number of rotatable bonds is 8. The van der Waals surface area contributed by atoms with E-state index < -0.39 is 18.1 Å². The maximum atomic E-state index is 13.8. The molecule has 0 N–H and O–H groups in total. The van der Waals surface area contributed by atoms with Crippen LogP contribution in [-0.2, 0) is 14.4 Å². The van der Waals surface area contributed by atoms with E-state index in [0.29, 0.717) is 30.4 Å². The van der Waals surface area contributed by atoms with Gasteiger partial charge in [0.1, 0.15) is 5.92 Å². The number of aryl methyl sites for hydroxylation is 1. The number of fused-ring (bicyclic) bond motifs is 1. The fourth-order valence-corrected chi connectivity index (χ4v) is 4.81. The van der Waals surface area contributed by atoms with E-state index in [4.69, 9.17) is 14.3 Å². The summed E-state index contributed by atoms with van der Waals surface area (Å²) in [5.74, 6) is -0.0889. The van der Waals surface area contributed by atoms with Crippen LogP contribution in [0.15, 0.2) is 72.8 Å². The molecule has 0 unspecified atom stereocenters.